The second-order valence-corrected chi connectivity index (χ2v) is 3.25. The van der Waals surface area contributed by atoms with Gasteiger partial charge in [0.15, 0.2) is 0 Å². The van der Waals surface area contributed by atoms with Crippen LogP contribution < -0.4 is 5.32 Å². The molecule has 1 amide bonds. The standard InChI is InChI=1S/C9H6Cl2FNO/c1-2-8(14)13-9-6(10)3-5(12)4-7(9)11/h2-4H,1H2,(H,13,14). The number of carbonyl (C=O) groups is 1. The number of carbonyl (C=O) groups excluding carboxylic acids is 1. The molecule has 0 radical (unpaired) electrons. The van der Waals surface area contributed by atoms with Crippen molar-refractivity contribution in [2.75, 3.05) is 5.32 Å². The van der Waals surface area contributed by atoms with Gasteiger partial charge in [-0.25, -0.2) is 4.39 Å². The lowest BCUT2D eigenvalue weighted by Crippen LogP contribution is -2.08. The number of amides is 1. The Hall–Kier alpha value is -1.06. The van der Waals surface area contributed by atoms with Crippen LogP contribution in [0.4, 0.5) is 10.1 Å². The van der Waals surface area contributed by atoms with Crippen molar-refractivity contribution in [2.24, 2.45) is 0 Å². The van der Waals surface area contributed by atoms with Gasteiger partial charge in [0.2, 0.25) is 5.91 Å². The molecule has 0 aliphatic heterocycles. The lowest BCUT2D eigenvalue weighted by atomic mass is 10.3. The predicted octanol–water partition coefficient (Wildman–Crippen LogP) is 3.26. The summed E-state index contributed by atoms with van der Waals surface area (Å²) in [4.78, 5) is 10.9. The zero-order valence-corrected chi connectivity index (χ0v) is 8.49. The molecule has 5 heteroatoms. The summed E-state index contributed by atoms with van der Waals surface area (Å²) >= 11 is 11.3. The van der Waals surface area contributed by atoms with Crippen molar-refractivity contribution in [3.8, 4) is 0 Å². The summed E-state index contributed by atoms with van der Waals surface area (Å²) in [6, 6.07) is 2.12. The smallest absolute Gasteiger partial charge is 0.247 e. The molecule has 1 rings (SSSR count). The van der Waals surface area contributed by atoms with E-state index in [0.29, 0.717) is 0 Å². The SMILES string of the molecule is C=CC(=O)Nc1c(Cl)cc(F)cc1Cl. The Morgan fingerprint density at radius 2 is 1.93 bits per heavy atom. The van der Waals surface area contributed by atoms with Gasteiger partial charge < -0.3 is 5.32 Å². The van der Waals surface area contributed by atoms with Crippen LogP contribution in [-0.2, 0) is 4.79 Å². The summed E-state index contributed by atoms with van der Waals surface area (Å²) in [5, 5.41) is 2.46. The Kier molecular flexibility index (Phi) is 3.49. The minimum Gasteiger partial charge on any atom is -0.320 e. The van der Waals surface area contributed by atoms with Gasteiger partial charge in [0.1, 0.15) is 5.82 Å². The molecule has 0 aromatic heterocycles. The number of anilines is 1. The maximum absolute atomic E-state index is 12.7. The largest absolute Gasteiger partial charge is 0.320 e. The molecule has 1 aromatic carbocycles. The van der Waals surface area contributed by atoms with Gasteiger partial charge in [-0.3, -0.25) is 4.79 Å². The van der Waals surface area contributed by atoms with Gasteiger partial charge in [0, 0.05) is 0 Å². The van der Waals surface area contributed by atoms with E-state index in [0.717, 1.165) is 18.2 Å². The first kappa shape index (κ1) is 11.0. The first-order valence-corrected chi connectivity index (χ1v) is 4.38. The molecule has 0 bridgehead atoms. The normalized spacial score (nSPS) is 9.64. The van der Waals surface area contributed by atoms with Crippen LogP contribution in [0.5, 0.6) is 0 Å². The van der Waals surface area contributed by atoms with Crippen molar-refractivity contribution in [1.29, 1.82) is 0 Å². The first-order chi connectivity index (χ1) is 6.54. The van der Waals surface area contributed by atoms with E-state index < -0.39 is 11.7 Å². The summed E-state index contributed by atoms with van der Waals surface area (Å²) in [7, 11) is 0. The van der Waals surface area contributed by atoms with Crippen LogP contribution in [0.2, 0.25) is 10.0 Å². The van der Waals surface area contributed by atoms with E-state index in [1.165, 1.54) is 0 Å². The molecular weight excluding hydrogens is 228 g/mol. The quantitative estimate of drug-likeness (QED) is 0.781. The van der Waals surface area contributed by atoms with E-state index in [1.54, 1.807) is 0 Å². The Morgan fingerprint density at radius 3 is 2.36 bits per heavy atom. The highest BCUT2D eigenvalue weighted by molar-refractivity contribution is 6.39. The van der Waals surface area contributed by atoms with Crippen LogP contribution in [-0.4, -0.2) is 5.91 Å². The monoisotopic (exact) mass is 233 g/mol. The number of hydrogen-bond donors (Lipinski definition) is 1. The zero-order chi connectivity index (χ0) is 10.7. The Bertz CT molecular complexity index is 369. The van der Waals surface area contributed by atoms with E-state index in [1.807, 2.05) is 0 Å². The third-order valence-corrected chi connectivity index (χ3v) is 2.04. The van der Waals surface area contributed by atoms with E-state index in [4.69, 9.17) is 23.2 Å². The van der Waals surface area contributed by atoms with Crippen molar-refractivity contribution in [1.82, 2.24) is 0 Å². The van der Waals surface area contributed by atoms with Gasteiger partial charge in [0.25, 0.3) is 0 Å². The second-order valence-electron chi connectivity index (χ2n) is 2.44. The molecule has 0 fully saturated rings. The van der Waals surface area contributed by atoms with Crippen LogP contribution in [0.1, 0.15) is 0 Å². The first-order valence-electron chi connectivity index (χ1n) is 3.62. The van der Waals surface area contributed by atoms with Crippen molar-refractivity contribution < 1.29 is 9.18 Å². The minimum absolute atomic E-state index is 0.0465. The fourth-order valence-electron chi connectivity index (χ4n) is 0.836. The average Bonchev–Trinajstić information content (AvgIpc) is 2.10. The summed E-state index contributed by atoms with van der Waals surface area (Å²) in [5.74, 6) is -1.02. The minimum atomic E-state index is -0.559. The summed E-state index contributed by atoms with van der Waals surface area (Å²) < 4.78 is 12.7. The van der Waals surface area contributed by atoms with Crippen molar-refractivity contribution in [2.45, 2.75) is 0 Å². The van der Waals surface area contributed by atoms with Gasteiger partial charge in [-0.2, -0.15) is 0 Å². The molecule has 0 spiro atoms. The van der Waals surface area contributed by atoms with Crippen LogP contribution in [0, 0.1) is 5.82 Å². The van der Waals surface area contributed by atoms with Crippen LogP contribution >= 0.6 is 23.2 Å². The lowest BCUT2D eigenvalue weighted by molar-refractivity contribution is -0.111. The Morgan fingerprint density at radius 1 is 1.43 bits per heavy atom. The third-order valence-electron chi connectivity index (χ3n) is 1.44. The van der Waals surface area contributed by atoms with Crippen molar-refractivity contribution >= 4 is 34.8 Å². The second kappa shape index (κ2) is 4.44. The molecule has 14 heavy (non-hydrogen) atoms. The average molecular weight is 234 g/mol. The Balaban J connectivity index is 3.08. The molecule has 74 valence electrons. The lowest BCUT2D eigenvalue weighted by Gasteiger charge is -2.07. The molecule has 2 nitrogen and oxygen atoms in total. The molecule has 0 atom stereocenters. The molecule has 0 aliphatic rings. The summed E-state index contributed by atoms with van der Waals surface area (Å²) in [6.07, 6.45) is 1.07. The maximum Gasteiger partial charge on any atom is 0.247 e. The van der Waals surface area contributed by atoms with Crippen LogP contribution in [0.15, 0.2) is 24.8 Å². The number of rotatable bonds is 2. The van der Waals surface area contributed by atoms with Gasteiger partial charge in [-0.1, -0.05) is 29.8 Å². The van der Waals surface area contributed by atoms with Crippen molar-refractivity contribution in [3.63, 3.8) is 0 Å². The molecular formula is C9H6Cl2FNO. The Labute approximate surface area is 90.3 Å². The van der Waals surface area contributed by atoms with Crippen LogP contribution in [0.3, 0.4) is 0 Å². The zero-order valence-electron chi connectivity index (χ0n) is 6.98. The van der Waals surface area contributed by atoms with Gasteiger partial charge in [0.05, 0.1) is 15.7 Å². The van der Waals surface area contributed by atoms with E-state index in [-0.39, 0.29) is 15.7 Å². The molecule has 1 N–H and O–H groups in total. The van der Waals surface area contributed by atoms with Gasteiger partial charge >= 0.3 is 0 Å². The van der Waals surface area contributed by atoms with Gasteiger partial charge in [-0.05, 0) is 18.2 Å². The molecule has 0 aliphatic carbocycles. The maximum atomic E-state index is 12.7. The summed E-state index contributed by atoms with van der Waals surface area (Å²) in [6.45, 7) is 3.26. The van der Waals surface area contributed by atoms with Gasteiger partial charge in [-0.15, -0.1) is 0 Å². The fraction of sp³-hybridized carbons (Fsp3) is 0. The van der Waals surface area contributed by atoms with E-state index >= 15 is 0 Å². The number of hydrogen-bond acceptors (Lipinski definition) is 1. The topological polar surface area (TPSA) is 29.1 Å². The van der Waals surface area contributed by atoms with E-state index in [9.17, 15) is 9.18 Å². The highest BCUT2D eigenvalue weighted by Crippen LogP contribution is 2.31. The molecule has 1 aromatic rings. The van der Waals surface area contributed by atoms with Crippen molar-refractivity contribution in [3.05, 3.63) is 40.7 Å². The number of benzene rings is 1. The number of nitrogens with one attached hydrogen (secondary N) is 1. The van der Waals surface area contributed by atoms with E-state index in [2.05, 4.69) is 11.9 Å². The molecule has 0 heterocycles. The highest BCUT2D eigenvalue weighted by Gasteiger charge is 2.09. The predicted molar refractivity (Wildman–Crippen MR) is 55.2 cm³/mol. The highest BCUT2D eigenvalue weighted by atomic mass is 35.5. The van der Waals surface area contributed by atoms with Crippen LogP contribution in [0.25, 0.3) is 0 Å². The molecule has 0 saturated carbocycles. The summed E-state index contributed by atoms with van der Waals surface area (Å²) in [5.41, 5.74) is 0.180. The third kappa shape index (κ3) is 2.47. The fourth-order valence-corrected chi connectivity index (χ4v) is 1.39. The number of halogens is 3. The molecule has 0 unspecified atom stereocenters. The molecule has 0 saturated heterocycles.